The first kappa shape index (κ1) is 27.2. The van der Waals surface area contributed by atoms with E-state index in [9.17, 15) is 22.8 Å². The number of carbonyl (C=O) groups is 2. The lowest BCUT2D eigenvalue weighted by molar-refractivity contribution is -0.175. The number of aromatic nitrogens is 1. The molecule has 0 saturated carbocycles. The second-order valence-corrected chi connectivity index (χ2v) is 8.80. The number of hydrogen-bond donors (Lipinski definition) is 1. The summed E-state index contributed by atoms with van der Waals surface area (Å²) in [6.07, 6.45) is -4.67. The Bertz CT molecular complexity index is 1220. The van der Waals surface area contributed by atoms with E-state index in [-0.39, 0.29) is 19.5 Å². The van der Waals surface area contributed by atoms with Gasteiger partial charge in [0.2, 0.25) is 11.8 Å². The van der Waals surface area contributed by atoms with Gasteiger partial charge in [0, 0.05) is 31.5 Å². The Balaban J connectivity index is 1.35. The molecule has 2 heterocycles. The summed E-state index contributed by atoms with van der Waals surface area (Å²) in [5.41, 5.74) is 2.24. The Labute approximate surface area is 217 Å². The first-order valence-electron chi connectivity index (χ1n) is 12.2. The van der Waals surface area contributed by atoms with Crippen molar-refractivity contribution in [2.45, 2.75) is 32.0 Å². The normalized spacial score (nSPS) is 14.7. The average molecular weight is 532 g/mol. The van der Waals surface area contributed by atoms with Crippen LogP contribution in [0.25, 0.3) is 11.5 Å². The van der Waals surface area contributed by atoms with Crippen molar-refractivity contribution in [2.75, 3.05) is 32.9 Å². The molecule has 0 aliphatic carbocycles. The van der Waals surface area contributed by atoms with Crippen LogP contribution in [0.1, 0.15) is 17.0 Å². The van der Waals surface area contributed by atoms with Gasteiger partial charge in [-0.2, -0.15) is 13.2 Å². The van der Waals surface area contributed by atoms with Crippen molar-refractivity contribution in [2.24, 2.45) is 0 Å². The van der Waals surface area contributed by atoms with Crippen molar-refractivity contribution in [3.05, 3.63) is 71.6 Å². The third-order valence-corrected chi connectivity index (χ3v) is 6.07. The lowest BCUT2D eigenvalue weighted by atomic mass is 10.0. The van der Waals surface area contributed by atoms with Crippen molar-refractivity contribution >= 4 is 11.8 Å². The van der Waals surface area contributed by atoms with Crippen molar-refractivity contribution in [3.63, 3.8) is 0 Å². The van der Waals surface area contributed by atoms with E-state index in [2.05, 4.69) is 4.98 Å². The number of halogens is 3. The van der Waals surface area contributed by atoms with Gasteiger partial charge in [-0.15, -0.1) is 0 Å². The number of rotatable bonds is 9. The van der Waals surface area contributed by atoms with Gasteiger partial charge in [-0.25, -0.2) is 4.98 Å². The van der Waals surface area contributed by atoms with Crippen LogP contribution in [-0.4, -0.2) is 66.8 Å². The Morgan fingerprint density at radius 2 is 1.76 bits per heavy atom. The summed E-state index contributed by atoms with van der Waals surface area (Å²) < 4.78 is 55.4. The second-order valence-electron chi connectivity index (χ2n) is 8.80. The van der Waals surface area contributed by atoms with Gasteiger partial charge in [-0.1, -0.05) is 30.3 Å². The largest absolute Gasteiger partial charge is 0.493 e. The van der Waals surface area contributed by atoms with Crippen molar-refractivity contribution in [1.29, 1.82) is 0 Å². The second kappa shape index (κ2) is 12.1. The van der Waals surface area contributed by atoms with E-state index in [4.69, 9.17) is 13.9 Å². The van der Waals surface area contributed by atoms with Gasteiger partial charge in [0.15, 0.2) is 0 Å². The SMILES string of the molecule is Cc1oc(-c2ccccc2)nc1CCOc1ccc(CC(NC(=O)C(F)(F)F)C(=O)N2CCOCC2)cc1. The van der Waals surface area contributed by atoms with Crippen LogP contribution in [0.3, 0.4) is 0 Å². The van der Waals surface area contributed by atoms with Gasteiger partial charge in [-0.3, -0.25) is 9.59 Å². The van der Waals surface area contributed by atoms with Crippen LogP contribution in [0.5, 0.6) is 5.75 Å². The third kappa shape index (κ3) is 7.12. The molecule has 0 bridgehead atoms. The number of nitrogens with one attached hydrogen (secondary N) is 1. The van der Waals surface area contributed by atoms with E-state index in [1.807, 2.05) is 42.6 Å². The van der Waals surface area contributed by atoms with E-state index in [1.54, 1.807) is 24.3 Å². The Kier molecular flexibility index (Phi) is 8.67. The summed E-state index contributed by atoms with van der Waals surface area (Å²) in [6.45, 7) is 3.26. The molecule has 202 valence electrons. The Hall–Kier alpha value is -3.86. The maximum atomic E-state index is 12.9. The molecular weight excluding hydrogens is 503 g/mol. The van der Waals surface area contributed by atoms with E-state index in [1.165, 1.54) is 4.90 Å². The smallest absolute Gasteiger partial charge is 0.471 e. The van der Waals surface area contributed by atoms with Crippen LogP contribution in [-0.2, 0) is 27.2 Å². The summed E-state index contributed by atoms with van der Waals surface area (Å²) in [6, 6.07) is 14.9. The van der Waals surface area contributed by atoms with Crippen molar-refractivity contribution < 1.29 is 36.7 Å². The summed E-state index contributed by atoms with van der Waals surface area (Å²) in [5, 5.41) is 1.85. The standard InChI is InChI=1S/C27H28F3N3O5/c1-18-22(31-24(38-18)20-5-3-2-4-6-20)11-14-37-21-9-7-19(8-10-21)17-23(32-26(35)27(28,29)30)25(34)33-12-15-36-16-13-33/h2-10,23H,11-17H2,1H3,(H,32,35). The molecule has 1 unspecified atom stereocenters. The lowest BCUT2D eigenvalue weighted by Crippen LogP contribution is -2.54. The topological polar surface area (TPSA) is 93.9 Å². The van der Waals surface area contributed by atoms with Gasteiger partial charge in [-0.05, 0) is 36.8 Å². The molecule has 0 radical (unpaired) electrons. The minimum Gasteiger partial charge on any atom is -0.493 e. The fraction of sp³-hybridized carbons (Fsp3) is 0.370. The highest BCUT2D eigenvalue weighted by molar-refractivity contribution is 5.90. The molecule has 1 aliphatic heterocycles. The number of hydrogen-bond acceptors (Lipinski definition) is 6. The molecule has 2 aromatic carbocycles. The molecular formula is C27H28F3N3O5. The van der Waals surface area contributed by atoms with Crippen LogP contribution in [0.2, 0.25) is 0 Å². The highest BCUT2D eigenvalue weighted by Crippen LogP contribution is 2.22. The van der Waals surface area contributed by atoms with E-state index < -0.39 is 24.0 Å². The predicted octanol–water partition coefficient (Wildman–Crippen LogP) is 3.72. The quantitative estimate of drug-likeness (QED) is 0.453. The fourth-order valence-corrected chi connectivity index (χ4v) is 4.03. The number of amides is 2. The molecule has 11 heteroatoms. The van der Waals surface area contributed by atoms with Gasteiger partial charge in [0.05, 0.1) is 25.5 Å². The van der Waals surface area contributed by atoms with Crippen LogP contribution >= 0.6 is 0 Å². The number of nitrogens with zero attached hydrogens (tertiary/aromatic N) is 2. The summed E-state index contributed by atoms with van der Waals surface area (Å²) in [7, 11) is 0. The van der Waals surface area contributed by atoms with E-state index in [0.29, 0.717) is 49.2 Å². The van der Waals surface area contributed by atoms with Crippen LogP contribution in [0, 0.1) is 6.92 Å². The molecule has 1 atom stereocenters. The number of morpholine rings is 1. The summed E-state index contributed by atoms with van der Waals surface area (Å²) in [5.74, 6) is -0.929. The summed E-state index contributed by atoms with van der Waals surface area (Å²) in [4.78, 5) is 30.4. The van der Waals surface area contributed by atoms with Gasteiger partial charge in [0.1, 0.15) is 17.6 Å². The van der Waals surface area contributed by atoms with Crippen molar-refractivity contribution in [3.8, 4) is 17.2 Å². The number of aryl methyl sites for hydroxylation is 1. The number of alkyl halides is 3. The van der Waals surface area contributed by atoms with E-state index >= 15 is 0 Å². The Morgan fingerprint density at radius 3 is 2.42 bits per heavy atom. The number of oxazole rings is 1. The fourth-order valence-electron chi connectivity index (χ4n) is 4.03. The Morgan fingerprint density at radius 1 is 1.08 bits per heavy atom. The zero-order valence-electron chi connectivity index (χ0n) is 20.8. The molecule has 4 rings (SSSR count). The van der Waals surface area contributed by atoms with Gasteiger partial charge in [0.25, 0.3) is 0 Å². The highest BCUT2D eigenvalue weighted by Gasteiger charge is 2.41. The number of carbonyl (C=O) groups excluding carboxylic acids is 2. The first-order valence-corrected chi connectivity index (χ1v) is 12.2. The number of benzene rings is 2. The summed E-state index contributed by atoms with van der Waals surface area (Å²) >= 11 is 0. The zero-order valence-corrected chi connectivity index (χ0v) is 20.8. The molecule has 2 amide bonds. The molecule has 1 aliphatic rings. The lowest BCUT2D eigenvalue weighted by Gasteiger charge is -2.31. The molecule has 38 heavy (non-hydrogen) atoms. The average Bonchev–Trinajstić information content (AvgIpc) is 3.29. The third-order valence-electron chi connectivity index (χ3n) is 6.07. The predicted molar refractivity (Wildman–Crippen MR) is 131 cm³/mol. The number of ether oxygens (including phenoxy) is 2. The maximum absolute atomic E-state index is 12.9. The van der Waals surface area contributed by atoms with Gasteiger partial charge < -0.3 is 24.1 Å². The monoisotopic (exact) mass is 531 g/mol. The van der Waals surface area contributed by atoms with Gasteiger partial charge >= 0.3 is 12.1 Å². The molecule has 8 nitrogen and oxygen atoms in total. The maximum Gasteiger partial charge on any atom is 0.471 e. The van der Waals surface area contributed by atoms with Crippen molar-refractivity contribution in [1.82, 2.24) is 15.2 Å². The van der Waals surface area contributed by atoms with E-state index in [0.717, 1.165) is 11.3 Å². The zero-order chi connectivity index (χ0) is 27.1. The van der Waals surface area contributed by atoms with Crippen LogP contribution in [0.4, 0.5) is 13.2 Å². The van der Waals surface area contributed by atoms with Crippen LogP contribution < -0.4 is 10.1 Å². The van der Waals surface area contributed by atoms with Crippen LogP contribution in [0.15, 0.2) is 59.0 Å². The molecule has 1 N–H and O–H groups in total. The molecule has 0 spiro atoms. The molecule has 1 saturated heterocycles. The highest BCUT2D eigenvalue weighted by atomic mass is 19.4. The first-order chi connectivity index (χ1) is 18.2. The molecule has 1 fully saturated rings. The minimum absolute atomic E-state index is 0.0985. The minimum atomic E-state index is -5.09. The molecule has 1 aromatic heterocycles. The molecule has 3 aromatic rings.